The molecule has 0 saturated carbocycles. The summed E-state index contributed by atoms with van der Waals surface area (Å²) in [5.74, 6) is 1.53. The van der Waals surface area contributed by atoms with Gasteiger partial charge in [0, 0.05) is 0 Å². The second-order valence-electron chi connectivity index (χ2n) is 6.40. The Labute approximate surface area is 166 Å². The Balaban J connectivity index is 1.36. The largest absolute Gasteiger partial charge is 0.454 e. The average molecular weight is 397 g/mol. The van der Waals surface area contributed by atoms with Crippen LogP contribution in [0.1, 0.15) is 24.1 Å². The SMILES string of the molecule is Cc1ccc(-n2nnnc2SCC(=O)N[C@H](C)c2ccc3c(c2)OCO3)cc1. The van der Waals surface area contributed by atoms with Crippen LogP contribution >= 0.6 is 11.8 Å². The van der Waals surface area contributed by atoms with E-state index in [1.807, 2.05) is 56.3 Å². The topological polar surface area (TPSA) is 91.2 Å². The van der Waals surface area contributed by atoms with Gasteiger partial charge in [0.2, 0.25) is 17.9 Å². The van der Waals surface area contributed by atoms with Crippen LogP contribution < -0.4 is 14.8 Å². The van der Waals surface area contributed by atoms with Gasteiger partial charge in [-0.15, -0.1) is 5.10 Å². The lowest BCUT2D eigenvalue weighted by molar-refractivity contribution is -0.119. The number of hydrogen-bond acceptors (Lipinski definition) is 7. The number of nitrogens with one attached hydrogen (secondary N) is 1. The second kappa shape index (κ2) is 7.89. The summed E-state index contributed by atoms with van der Waals surface area (Å²) in [7, 11) is 0. The van der Waals surface area contributed by atoms with E-state index in [9.17, 15) is 4.79 Å². The van der Waals surface area contributed by atoms with Crippen molar-refractivity contribution < 1.29 is 14.3 Å². The molecule has 1 aromatic heterocycles. The molecule has 0 radical (unpaired) electrons. The summed E-state index contributed by atoms with van der Waals surface area (Å²) in [5, 5.41) is 15.3. The number of amides is 1. The number of rotatable bonds is 6. The van der Waals surface area contributed by atoms with Gasteiger partial charge in [-0.05, 0) is 54.1 Å². The molecule has 1 aliphatic rings. The number of thioether (sulfide) groups is 1. The molecule has 28 heavy (non-hydrogen) atoms. The zero-order valence-corrected chi connectivity index (χ0v) is 16.3. The number of fused-ring (bicyclic) bond motifs is 1. The predicted octanol–water partition coefficient (Wildman–Crippen LogP) is 2.67. The van der Waals surface area contributed by atoms with Crippen molar-refractivity contribution in [3.8, 4) is 17.2 Å². The molecule has 2 heterocycles. The van der Waals surface area contributed by atoms with Crippen LogP contribution in [0, 0.1) is 6.92 Å². The van der Waals surface area contributed by atoms with Crippen LogP contribution in [-0.4, -0.2) is 38.7 Å². The third-order valence-electron chi connectivity index (χ3n) is 4.33. The maximum atomic E-state index is 12.4. The zero-order valence-electron chi connectivity index (χ0n) is 15.5. The number of carbonyl (C=O) groups excluding carboxylic acids is 1. The van der Waals surface area contributed by atoms with Gasteiger partial charge >= 0.3 is 0 Å². The minimum absolute atomic E-state index is 0.103. The molecule has 0 fully saturated rings. The van der Waals surface area contributed by atoms with Crippen molar-refractivity contribution in [1.82, 2.24) is 25.5 Å². The Morgan fingerprint density at radius 2 is 2.00 bits per heavy atom. The third kappa shape index (κ3) is 3.94. The Bertz CT molecular complexity index is 989. The first-order valence-corrected chi connectivity index (χ1v) is 9.76. The monoisotopic (exact) mass is 397 g/mol. The van der Waals surface area contributed by atoms with E-state index >= 15 is 0 Å². The third-order valence-corrected chi connectivity index (χ3v) is 5.25. The molecular formula is C19H19N5O3S. The fourth-order valence-corrected chi connectivity index (χ4v) is 3.50. The lowest BCUT2D eigenvalue weighted by atomic mass is 10.1. The smallest absolute Gasteiger partial charge is 0.231 e. The summed E-state index contributed by atoms with van der Waals surface area (Å²) in [6.45, 7) is 4.17. The molecule has 0 aliphatic carbocycles. The van der Waals surface area contributed by atoms with Gasteiger partial charge in [-0.2, -0.15) is 4.68 Å². The Morgan fingerprint density at radius 3 is 2.82 bits per heavy atom. The molecule has 0 saturated heterocycles. The van der Waals surface area contributed by atoms with Crippen LogP contribution in [0.15, 0.2) is 47.6 Å². The van der Waals surface area contributed by atoms with Crippen molar-refractivity contribution >= 4 is 17.7 Å². The highest BCUT2D eigenvalue weighted by molar-refractivity contribution is 7.99. The fourth-order valence-electron chi connectivity index (χ4n) is 2.80. The fraction of sp³-hybridized carbons (Fsp3) is 0.263. The van der Waals surface area contributed by atoms with Crippen LogP contribution in [0.3, 0.4) is 0 Å². The lowest BCUT2D eigenvalue weighted by Crippen LogP contribution is -2.28. The molecule has 9 heteroatoms. The van der Waals surface area contributed by atoms with Gasteiger partial charge < -0.3 is 14.8 Å². The molecule has 1 N–H and O–H groups in total. The number of ether oxygens (including phenoxy) is 2. The minimum atomic E-state index is -0.157. The van der Waals surface area contributed by atoms with Gasteiger partial charge in [-0.1, -0.05) is 35.5 Å². The van der Waals surface area contributed by atoms with Gasteiger partial charge in [-0.3, -0.25) is 4.79 Å². The highest BCUT2D eigenvalue weighted by Gasteiger charge is 2.18. The number of benzene rings is 2. The number of tetrazole rings is 1. The van der Waals surface area contributed by atoms with Crippen LogP contribution in [0.4, 0.5) is 0 Å². The molecule has 3 aromatic rings. The highest BCUT2D eigenvalue weighted by Crippen LogP contribution is 2.34. The maximum absolute atomic E-state index is 12.4. The zero-order chi connectivity index (χ0) is 19.5. The lowest BCUT2D eigenvalue weighted by Gasteiger charge is -2.14. The molecule has 1 atom stereocenters. The molecule has 0 bridgehead atoms. The number of aromatic nitrogens is 4. The van der Waals surface area contributed by atoms with E-state index in [1.165, 1.54) is 11.8 Å². The number of nitrogens with zero attached hydrogens (tertiary/aromatic N) is 4. The molecule has 144 valence electrons. The normalized spacial score (nSPS) is 13.4. The molecule has 1 aliphatic heterocycles. The van der Waals surface area contributed by atoms with Crippen LogP contribution in [-0.2, 0) is 4.79 Å². The quantitative estimate of drug-likeness (QED) is 0.640. The summed E-state index contributed by atoms with van der Waals surface area (Å²) in [4.78, 5) is 12.4. The molecule has 0 spiro atoms. The van der Waals surface area contributed by atoms with Gasteiger partial charge in [0.25, 0.3) is 0 Å². The van der Waals surface area contributed by atoms with Crippen molar-refractivity contribution in [1.29, 1.82) is 0 Å². The summed E-state index contributed by atoms with van der Waals surface area (Å²) in [5.41, 5.74) is 2.96. The van der Waals surface area contributed by atoms with Gasteiger partial charge in [0.05, 0.1) is 17.5 Å². The van der Waals surface area contributed by atoms with E-state index in [-0.39, 0.29) is 24.5 Å². The van der Waals surface area contributed by atoms with Gasteiger partial charge in [0.1, 0.15) is 0 Å². The van der Waals surface area contributed by atoms with Crippen molar-refractivity contribution in [2.75, 3.05) is 12.5 Å². The molecular weight excluding hydrogens is 378 g/mol. The van der Waals surface area contributed by atoms with Crippen LogP contribution in [0.25, 0.3) is 5.69 Å². The van der Waals surface area contributed by atoms with Crippen LogP contribution in [0.2, 0.25) is 0 Å². The Hall–Kier alpha value is -3.07. The molecule has 8 nitrogen and oxygen atoms in total. The van der Waals surface area contributed by atoms with Crippen molar-refractivity contribution in [2.45, 2.75) is 25.0 Å². The summed E-state index contributed by atoms with van der Waals surface area (Å²) < 4.78 is 12.3. The van der Waals surface area contributed by atoms with E-state index in [0.717, 1.165) is 22.6 Å². The van der Waals surface area contributed by atoms with E-state index in [2.05, 4.69) is 20.8 Å². The first kappa shape index (κ1) is 18.3. The number of hydrogen-bond donors (Lipinski definition) is 1. The minimum Gasteiger partial charge on any atom is -0.454 e. The number of aryl methyl sites for hydroxylation is 1. The van der Waals surface area contributed by atoms with Crippen molar-refractivity contribution in [3.63, 3.8) is 0 Å². The van der Waals surface area contributed by atoms with Crippen molar-refractivity contribution in [3.05, 3.63) is 53.6 Å². The van der Waals surface area contributed by atoms with Gasteiger partial charge in [0.15, 0.2) is 11.5 Å². The van der Waals surface area contributed by atoms with Crippen molar-refractivity contribution in [2.24, 2.45) is 0 Å². The second-order valence-corrected chi connectivity index (χ2v) is 7.34. The standard InChI is InChI=1S/C19H19N5O3S/c1-12-3-6-15(7-4-12)24-19(21-22-23-24)28-10-18(25)20-13(2)14-5-8-16-17(9-14)27-11-26-16/h3-9,13H,10-11H2,1-2H3,(H,20,25)/t13-/m1/s1. The van der Waals surface area contributed by atoms with Crippen LogP contribution in [0.5, 0.6) is 11.5 Å². The molecule has 0 unspecified atom stereocenters. The summed E-state index contributed by atoms with van der Waals surface area (Å²) in [6.07, 6.45) is 0. The first-order valence-electron chi connectivity index (χ1n) is 8.77. The van der Waals surface area contributed by atoms with E-state index in [4.69, 9.17) is 9.47 Å². The molecule has 1 amide bonds. The first-order chi connectivity index (χ1) is 13.6. The number of carbonyl (C=O) groups is 1. The Kier molecular flexibility index (Phi) is 5.16. The van der Waals surface area contributed by atoms with E-state index < -0.39 is 0 Å². The highest BCUT2D eigenvalue weighted by atomic mass is 32.2. The van der Waals surface area contributed by atoms with E-state index in [1.54, 1.807) is 4.68 Å². The van der Waals surface area contributed by atoms with E-state index in [0.29, 0.717) is 10.9 Å². The summed E-state index contributed by atoms with van der Waals surface area (Å²) >= 11 is 1.29. The predicted molar refractivity (Wildman–Crippen MR) is 104 cm³/mol. The average Bonchev–Trinajstić information content (AvgIpc) is 3.35. The molecule has 4 rings (SSSR count). The molecule has 2 aromatic carbocycles. The van der Waals surface area contributed by atoms with Gasteiger partial charge in [-0.25, -0.2) is 0 Å². The maximum Gasteiger partial charge on any atom is 0.231 e. The Morgan fingerprint density at radius 1 is 1.21 bits per heavy atom. The summed E-state index contributed by atoms with van der Waals surface area (Å²) in [6, 6.07) is 13.4.